The van der Waals surface area contributed by atoms with E-state index in [4.69, 9.17) is 9.84 Å². The van der Waals surface area contributed by atoms with Gasteiger partial charge in [-0.3, -0.25) is 4.79 Å². The highest BCUT2D eigenvalue weighted by atomic mass is 32.1. The predicted molar refractivity (Wildman–Crippen MR) is 77.9 cm³/mol. The second-order valence-electron chi connectivity index (χ2n) is 4.76. The van der Waals surface area contributed by atoms with E-state index in [0.717, 1.165) is 11.8 Å². The number of rotatable bonds is 3. The summed E-state index contributed by atoms with van der Waals surface area (Å²) in [4.78, 5) is 32.4. The normalized spacial score (nSPS) is 18.2. The standard InChI is InChI=1S/C14H13N3O4S/c18-13(10-5-16-11(6-15-10)14(19)20)17-2-3-21-12(7-17)9-1-4-22-8-9/h1,4-6,8,12H,2-3,7H2,(H,19,20). The summed E-state index contributed by atoms with van der Waals surface area (Å²) in [5, 5.41) is 12.8. The van der Waals surface area contributed by atoms with Crippen molar-refractivity contribution in [2.45, 2.75) is 6.10 Å². The number of hydrogen-bond acceptors (Lipinski definition) is 6. The van der Waals surface area contributed by atoms with Gasteiger partial charge in [-0.1, -0.05) is 0 Å². The number of carbonyl (C=O) groups is 2. The summed E-state index contributed by atoms with van der Waals surface area (Å²) in [6, 6.07) is 1.98. The Balaban J connectivity index is 1.72. The molecule has 1 N–H and O–H groups in total. The summed E-state index contributed by atoms with van der Waals surface area (Å²) in [5.41, 5.74) is 1.00. The molecule has 0 saturated carbocycles. The van der Waals surface area contributed by atoms with Gasteiger partial charge in [0, 0.05) is 6.54 Å². The molecule has 3 rings (SSSR count). The maximum Gasteiger partial charge on any atom is 0.356 e. The summed E-state index contributed by atoms with van der Waals surface area (Å²) in [5.74, 6) is -1.44. The van der Waals surface area contributed by atoms with Gasteiger partial charge in [-0.25, -0.2) is 14.8 Å². The molecule has 1 aliphatic rings. The van der Waals surface area contributed by atoms with Crippen LogP contribution in [0.3, 0.4) is 0 Å². The molecule has 1 fully saturated rings. The summed E-state index contributed by atoms with van der Waals surface area (Å²) < 4.78 is 5.69. The van der Waals surface area contributed by atoms with Gasteiger partial charge in [0.15, 0.2) is 5.69 Å². The zero-order valence-corrected chi connectivity index (χ0v) is 12.3. The van der Waals surface area contributed by atoms with Crippen molar-refractivity contribution >= 4 is 23.2 Å². The number of carbonyl (C=O) groups excluding carboxylic acids is 1. The molecule has 2 aromatic rings. The number of carboxylic acid groups (broad SMARTS) is 1. The van der Waals surface area contributed by atoms with E-state index in [1.165, 1.54) is 6.20 Å². The molecule has 114 valence electrons. The van der Waals surface area contributed by atoms with Crippen molar-refractivity contribution in [3.63, 3.8) is 0 Å². The zero-order valence-electron chi connectivity index (χ0n) is 11.5. The van der Waals surface area contributed by atoms with Crippen LogP contribution in [0.1, 0.15) is 32.6 Å². The Labute approximate surface area is 130 Å². The largest absolute Gasteiger partial charge is 0.476 e. The van der Waals surface area contributed by atoms with Gasteiger partial charge in [0.25, 0.3) is 5.91 Å². The minimum absolute atomic E-state index is 0.135. The second kappa shape index (κ2) is 6.20. The summed E-state index contributed by atoms with van der Waals surface area (Å²) in [7, 11) is 0. The van der Waals surface area contributed by atoms with E-state index in [1.807, 2.05) is 16.8 Å². The van der Waals surface area contributed by atoms with Gasteiger partial charge in [0.05, 0.1) is 25.5 Å². The number of carboxylic acids is 1. The van der Waals surface area contributed by atoms with Crippen LogP contribution in [0.2, 0.25) is 0 Å². The monoisotopic (exact) mass is 319 g/mol. The smallest absolute Gasteiger partial charge is 0.356 e. The number of ether oxygens (including phenoxy) is 1. The van der Waals surface area contributed by atoms with Crippen molar-refractivity contribution in [2.75, 3.05) is 19.7 Å². The number of aromatic nitrogens is 2. The molecule has 1 aliphatic heterocycles. The molecule has 1 unspecified atom stereocenters. The fourth-order valence-electron chi connectivity index (χ4n) is 2.20. The van der Waals surface area contributed by atoms with Gasteiger partial charge in [-0.05, 0) is 22.4 Å². The summed E-state index contributed by atoms with van der Waals surface area (Å²) in [6.07, 6.45) is 2.14. The van der Waals surface area contributed by atoms with Crippen LogP contribution in [0.4, 0.5) is 0 Å². The van der Waals surface area contributed by atoms with Crippen molar-refractivity contribution in [2.24, 2.45) is 0 Å². The topological polar surface area (TPSA) is 92.6 Å². The first-order valence-corrected chi connectivity index (χ1v) is 7.58. The van der Waals surface area contributed by atoms with Gasteiger partial charge in [-0.2, -0.15) is 11.3 Å². The first-order chi connectivity index (χ1) is 10.6. The van der Waals surface area contributed by atoms with Gasteiger partial charge in [0.2, 0.25) is 0 Å². The van der Waals surface area contributed by atoms with Crippen molar-refractivity contribution in [1.29, 1.82) is 0 Å². The Morgan fingerprint density at radius 1 is 1.32 bits per heavy atom. The molecule has 1 amide bonds. The highest BCUT2D eigenvalue weighted by Gasteiger charge is 2.27. The third-order valence-corrected chi connectivity index (χ3v) is 4.06. The lowest BCUT2D eigenvalue weighted by atomic mass is 10.1. The Morgan fingerprint density at radius 3 is 2.73 bits per heavy atom. The van der Waals surface area contributed by atoms with Crippen molar-refractivity contribution in [1.82, 2.24) is 14.9 Å². The average Bonchev–Trinajstić information content (AvgIpc) is 3.09. The molecule has 1 saturated heterocycles. The maximum atomic E-state index is 12.4. The number of thiophene rings is 1. The van der Waals surface area contributed by atoms with Crippen LogP contribution in [0.15, 0.2) is 29.2 Å². The van der Waals surface area contributed by atoms with Crippen LogP contribution in [0, 0.1) is 0 Å². The highest BCUT2D eigenvalue weighted by Crippen LogP contribution is 2.24. The molecule has 0 aliphatic carbocycles. The van der Waals surface area contributed by atoms with E-state index in [-0.39, 0.29) is 23.4 Å². The number of nitrogens with zero attached hydrogens (tertiary/aromatic N) is 3. The molecule has 1 atom stereocenters. The predicted octanol–water partition coefficient (Wildman–Crippen LogP) is 1.45. The Morgan fingerprint density at radius 2 is 2.09 bits per heavy atom. The van der Waals surface area contributed by atoms with Gasteiger partial charge < -0.3 is 14.7 Å². The molecule has 0 spiro atoms. The Hall–Kier alpha value is -2.32. The molecular weight excluding hydrogens is 306 g/mol. The van der Waals surface area contributed by atoms with Crippen LogP contribution < -0.4 is 0 Å². The van der Waals surface area contributed by atoms with E-state index in [0.29, 0.717) is 19.7 Å². The summed E-state index contributed by atoms with van der Waals surface area (Å²) >= 11 is 1.58. The van der Waals surface area contributed by atoms with Crippen molar-refractivity contribution < 1.29 is 19.4 Å². The van der Waals surface area contributed by atoms with Gasteiger partial charge >= 0.3 is 5.97 Å². The van der Waals surface area contributed by atoms with Crippen LogP contribution in [0.25, 0.3) is 0 Å². The Kier molecular flexibility index (Phi) is 4.12. The lowest BCUT2D eigenvalue weighted by Crippen LogP contribution is -2.42. The fraction of sp³-hybridized carbons (Fsp3) is 0.286. The Bertz CT molecular complexity index is 672. The average molecular weight is 319 g/mol. The fourth-order valence-corrected chi connectivity index (χ4v) is 2.91. The number of morpholine rings is 1. The minimum atomic E-state index is -1.17. The summed E-state index contributed by atoms with van der Waals surface area (Å²) in [6.45, 7) is 1.37. The molecule has 8 heteroatoms. The molecule has 7 nitrogen and oxygen atoms in total. The van der Waals surface area contributed by atoms with E-state index in [2.05, 4.69) is 9.97 Å². The van der Waals surface area contributed by atoms with Gasteiger partial charge in [-0.15, -0.1) is 0 Å². The first kappa shape index (κ1) is 14.6. The maximum absolute atomic E-state index is 12.4. The highest BCUT2D eigenvalue weighted by molar-refractivity contribution is 7.07. The molecule has 0 aromatic carbocycles. The van der Waals surface area contributed by atoms with E-state index in [1.54, 1.807) is 16.2 Å². The van der Waals surface area contributed by atoms with E-state index >= 15 is 0 Å². The van der Waals surface area contributed by atoms with Crippen molar-refractivity contribution in [3.8, 4) is 0 Å². The van der Waals surface area contributed by atoms with Crippen molar-refractivity contribution in [3.05, 3.63) is 46.2 Å². The first-order valence-electron chi connectivity index (χ1n) is 6.63. The lowest BCUT2D eigenvalue weighted by molar-refractivity contribution is -0.0228. The molecule has 0 radical (unpaired) electrons. The molecule has 22 heavy (non-hydrogen) atoms. The molecular formula is C14H13N3O4S. The number of amides is 1. The van der Waals surface area contributed by atoms with Gasteiger partial charge in [0.1, 0.15) is 11.8 Å². The number of aromatic carboxylic acids is 1. The third-order valence-electron chi connectivity index (χ3n) is 3.36. The molecule has 0 bridgehead atoms. The van der Waals surface area contributed by atoms with Crippen LogP contribution >= 0.6 is 11.3 Å². The third kappa shape index (κ3) is 2.97. The SMILES string of the molecule is O=C(O)c1cnc(C(=O)N2CCOC(c3ccsc3)C2)cn1. The lowest BCUT2D eigenvalue weighted by Gasteiger charge is -2.32. The number of hydrogen-bond donors (Lipinski definition) is 1. The van der Waals surface area contributed by atoms with E-state index < -0.39 is 5.97 Å². The second-order valence-corrected chi connectivity index (χ2v) is 5.54. The zero-order chi connectivity index (χ0) is 15.5. The minimum Gasteiger partial charge on any atom is -0.476 e. The van der Waals surface area contributed by atoms with Crippen LogP contribution in [0.5, 0.6) is 0 Å². The van der Waals surface area contributed by atoms with Crippen LogP contribution in [-0.4, -0.2) is 51.5 Å². The quantitative estimate of drug-likeness (QED) is 0.920. The van der Waals surface area contributed by atoms with Crippen LogP contribution in [-0.2, 0) is 4.74 Å². The van der Waals surface area contributed by atoms with E-state index in [9.17, 15) is 9.59 Å². The molecule has 2 aromatic heterocycles. The molecule has 3 heterocycles.